The van der Waals surface area contributed by atoms with Crippen molar-refractivity contribution in [3.8, 4) is 0 Å². The maximum atomic E-state index is 11.3. The van der Waals surface area contributed by atoms with Crippen LogP contribution < -0.4 is 5.32 Å². The van der Waals surface area contributed by atoms with Gasteiger partial charge in [0.2, 0.25) is 0 Å². The Morgan fingerprint density at radius 1 is 0.731 bits per heavy atom. The predicted octanol–water partition coefficient (Wildman–Crippen LogP) is 0.460. The fraction of sp³-hybridized carbons (Fsp3) is 0.882. The van der Waals surface area contributed by atoms with Crippen LogP contribution in [0.1, 0.15) is 25.7 Å². The molecule has 0 aliphatic carbocycles. The summed E-state index contributed by atoms with van der Waals surface area (Å²) in [6, 6.07) is 0. The predicted molar refractivity (Wildman–Crippen MR) is 94.3 cm³/mol. The van der Waals surface area contributed by atoms with Crippen LogP contribution in [-0.4, -0.2) is 90.1 Å². The number of carboxylic acids is 1. The molecule has 0 saturated heterocycles. The fourth-order valence-corrected chi connectivity index (χ4v) is 1.77. The molecule has 0 unspecified atom stereocenters. The number of esters is 1. The van der Waals surface area contributed by atoms with E-state index in [0.29, 0.717) is 65.7 Å². The van der Waals surface area contributed by atoms with Crippen LogP contribution in [0.25, 0.3) is 0 Å². The minimum Gasteiger partial charge on any atom is -0.481 e. The molecule has 0 aliphatic rings. The van der Waals surface area contributed by atoms with Gasteiger partial charge in [-0.2, -0.15) is 0 Å². The summed E-state index contributed by atoms with van der Waals surface area (Å²) < 4.78 is 26.2. The largest absolute Gasteiger partial charge is 0.481 e. The fourth-order valence-electron chi connectivity index (χ4n) is 1.77. The number of ether oxygens (including phenoxy) is 5. The van der Waals surface area contributed by atoms with E-state index in [1.165, 1.54) is 0 Å². The summed E-state index contributed by atoms with van der Waals surface area (Å²) in [6.45, 7) is 4.99. The van der Waals surface area contributed by atoms with E-state index >= 15 is 0 Å². The number of likely N-dealkylation sites (N-methyl/N-ethyl adjacent to an activating group) is 1. The van der Waals surface area contributed by atoms with E-state index in [4.69, 9.17) is 28.8 Å². The molecule has 0 fully saturated rings. The van der Waals surface area contributed by atoms with Crippen molar-refractivity contribution >= 4 is 11.9 Å². The van der Waals surface area contributed by atoms with E-state index in [1.807, 2.05) is 7.05 Å². The second-order valence-electron chi connectivity index (χ2n) is 5.37. The molecule has 0 bridgehead atoms. The molecule has 0 radical (unpaired) electrons. The molecule has 0 spiro atoms. The Labute approximate surface area is 155 Å². The molecule has 0 aromatic carbocycles. The van der Waals surface area contributed by atoms with Crippen molar-refractivity contribution in [1.82, 2.24) is 5.32 Å². The number of carboxylic acid groups (broad SMARTS) is 1. The molecule has 0 saturated carbocycles. The first kappa shape index (κ1) is 24.7. The van der Waals surface area contributed by atoms with Crippen LogP contribution in [0.3, 0.4) is 0 Å². The lowest BCUT2D eigenvalue weighted by Gasteiger charge is -2.08. The number of nitrogens with one attached hydrogen (secondary N) is 1. The standard InChI is InChI=1S/C17H33NO8/c1-18-6-7-22-8-9-23-10-11-24-12-13-25-14-15-26-17(21)5-3-2-4-16(19)20/h18H,2-15H2,1H3,(H,19,20). The third-order valence-electron chi connectivity index (χ3n) is 3.12. The minimum absolute atomic E-state index is 0.0753. The van der Waals surface area contributed by atoms with Gasteiger partial charge in [-0.3, -0.25) is 9.59 Å². The number of unbranched alkanes of at least 4 members (excludes halogenated alkanes) is 1. The summed E-state index contributed by atoms with van der Waals surface area (Å²) in [4.78, 5) is 21.7. The number of aliphatic carboxylic acids is 1. The number of hydrogen-bond acceptors (Lipinski definition) is 8. The highest BCUT2D eigenvalue weighted by molar-refractivity contribution is 5.69. The lowest BCUT2D eigenvalue weighted by Crippen LogP contribution is -2.17. The van der Waals surface area contributed by atoms with Gasteiger partial charge in [0.25, 0.3) is 0 Å². The van der Waals surface area contributed by atoms with Crippen LogP contribution in [0.5, 0.6) is 0 Å². The lowest BCUT2D eigenvalue weighted by molar-refractivity contribution is -0.146. The monoisotopic (exact) mass is 379 g/mol. The van der Waals surface area contributed by atoms with E-state index in [0.717, 1.165) is 6.54 Å². The van der Waals surface area contributed by atoms with Crippen molar-refractivity contribution in [2.45, 2.75) is 25.7 Å². The van der Waals surface area contributed by atoms with Crippen LogP contribution in [-0.2, 0) is 33.3 Å². The lowest BCUT2D eigenvalue weighted by atomic mass is 10.2. The molecule has 0 heterocycles. The maximum Gasteiger partial charge on any atom is 0.305 e. The maximum absolute atomic E-state index is 11.3. The summed E-state index contributed by atoms with van der Waals surface area (Å²) in [5.41, 5.74) is 0. The van der Waals surface area contributed by atoms with Gasteiger partial charge in [-0.1, -0.05) is 0 Å². The Morgan fingerprint density at radius 2 is 1.19 bits per heavy atom. The number of carbonyl (C=O) groups excluding carboxylic acids is 1. The van der Waals surface area contributed by atoms with Crippen molar-refractivity contribution in [2.24, 2.45) is 0 Å². The Balaban J connectivity index is 3.12. The Bertz CT molecular complexity index is 341. The van der Waals surface area contributed by atoms with E-state index in [-0.39, 0.29) is 25.4 Å². The zero-order chi connectivity index (χ0) is 19.3. The molecule has 154 valence electrons. The first-order chi connectivity index (χ1) is 12.7. The van der Waals surface area contributed by atoms with Crippen molar-refractivity contribution < 1.29 is 38.4 Å². The van der Waals surface area contributed by atoms with Gasteiger partial charge >= 0.3 is 11.9 Å². The van der Waals surface area contributed by atoms with Gasteiger partial charge in [0, 0.05) is 19.4 Å². The van der Waals surface area contributed by atoms with Gasteiger partial charge in [0.1, 0.15) is 6.61 Å². The van der Waals surface area contributed by atoms with Crippen LogP contribution >= 0.6 is 0 Å². The van der Waals surface area contributed by atoms with Gasteiger partial charge in [-0.05, 0) is 19.9 Å². The molecule has 0 aromatic heterocycles. The molecule has 26 heavy (non-hydrogen) atoms. The molecular weight excluding hydrogens is 346 g/mol. The van der Waals surface area contributed by atoms with E-state index in [2.05, 4.69) is 5.32 Å². The van der Waals surface area contributed by atoms with Gasteiger partial charge in [-0.25, -0.2) is 0 Å². The Hall–Kier alpha value is -1.26. The molecule has 0 atom stereocenters. The molecule has 9 heteroatoms. The zero-order valence-electron chi connectivity index (χ0n) is 15.7. The number of rotatable bonds is 20. The normalized spacial score (nSPS) is 10.8. The summed E-state index contributed by atoms with van der Waals surface area (Å²) in [5, 5.41) is 11.5. The van der Waals surface area contributed by atoms with E-state index < -0.39 is 5.97 Å². The van der Waals surface area contributed by atoms with Crippen molar-refractivity contribution in [2.75, 3.05) is 73.1 Å². The van der Waals surface area contributed by atoms with E-state index in [1.54, 1.807) is 0 Å². The van der Waals surface area contributed by atoms with Crippen molar-refractivity contribution in [3.05, 3.63) is 0 Å². The number of hydrogen-bond donors (Lipinski definition) is 2. The molecule has 0 aliphatic heterocycles. The van der Waals surface area contributed by atoms with Crippen LogP contribution in [0.2, 0.25) is 0 Å². The third-order valence-corrected chi connectivity index (χ3v) is 3.12. The minimum atomic E-state index is -0.852. The summed E-state index contributed by atoms with van der Waals surface area (Å²) >= 11 is 0. The third kappa shape index (κ3) is 20.8. The van der Waals surface area contributed by atoms with Crippen LogP contribution in [0.15, 0.2) is 0 Å². The summed E-state index contributed by atoms with van der Waals surface area (Å²) in [5.74, 6) is -1.18. The summed E-state index contributed by atoms with van der Waals surface area (Å²) in [6.07, 6.45) is 1.30. The molecule has 9 nitrogen and oxygen atoms in total. The van der Waals surface area contributed by atoms with Gasteiger partial charge in [0.05, 0.1) is 52.9 Å². The highest BCUT2D eigenvalue weighted by Crippen LogP contribution is 2.01. The zero-order valence-corrected chi connectivity index (χ0v) is 15.7. The molecule has 2 N–H and O–H groups in total. The van der Waals surface area contributed by atoms with Crippen LogP contribution in [0.4, 0.5) is 0 Å². The summed E-state index contributed by atoms with van der Waals surface area (Å²) in [7, 11) is 1.88. The van der Waals surface area contributed by atoms with Gasteiger partial charge < -0.3 is 34.1 Å². The number of carbonyl (C=O) groups is 2. The van der Waals surface area contributed by atoms with Crippen molar-refractivity contribution in [1.29, 1.82) is 0 Å². The molecule has 0 aromatic rings. The topological polar surface area (TPSA) is 113 Å². The highest BCUT2D eigenvalue weighted by Gasteiger charge is 2.04. The Morgan fingerprint density at radius 3 is 1.69 bits per heavy atom. The average molecular weight is 379 g/mol. The van der Waals surface area contributed by atoms with Gasteiger partial charge in [-0.15, -0.1) is 0 Å². The van der Waals surface area contributed by atoms with E-state index in [9.17, 15) is 9.59 Å². The average Bonchev–Trinajstić information content (AvgIpc) is 2.62. The Kier molecular flexibility index (Phi) is 19.1. The van der Waals surface area contributed by atoms with Crippen molar-refractivity contribution in [3.63, 3.8) is 0 Å². The van der Waals surface area contributed by atoms with Gasteiger partial charge in [0.15, 0.2) is 0 Å². The second kappa shape index (κ2) is 20.1. The SMILES string of the molecule is CNCCOCCOCCOCCOCCOC(=O)CCCCC(=O)O. The first-order valence-electron chi connectivity index (χ1n) is 8.99. The molecule has 0 rings (SSSR count). The quantitative estimate of drug-likeness (QED) is 0.230. The highest BCUT2D eigenvalue weighted by atomic mass is 16.6. The smallest absolute Gasteiger partial charge is 0.305 e. The van der Waals surface area contributed by atoms with Crippen LogP contribution in [0, 0.1) is 0 Å². The molecule has 0 amide bonds. The first-order valence-corrected chi connectivity index (χ1v) is 8.99. The molecular formula is C17H33NO8. The second-order valence-corrected chi connectivity index (χ2v) is 5.37.